The van der Waals surface area contributed by atoms with Crippen LogP contribution in [0, 0.1) is 0 Å². The summed E-state index contributed by atoms with van der Waals surface area (Å²) in [6.45, 7) is 1.65. The Morgan fingerprint density at radius 1 is 0.354 bits per heavy atom. The SMILES string of the molecule is Brc1ccccc1CN(c1ccc(-c2ccccc2)cc1)c1ccc(-c2ccccc2)cc1.c1ccc(-c2ccc(N3Cc4ccccc4-c4cc(-c5ccccc5)ccc43)cc2)cc1. The highest BCUT2D eigenvalue weighted by Gasteiger charge is 2.23. The lowest BCUT2D eigenvalue weighted by molar-refractivity contribution is 0.961. The van der Waals surface area contributed by atoms with E-state index in [1.807, 2.05) is 0 Å². The Kier molecular flexibility index (Phi) is 12.3. The summed E-state index contributed by atoms with van der Waals surface area (Å²) in [4.78, 5) is 4.80. The summed E-state index contributed by atoms with van der Waals surface area (Å²) >= 11 is 3.73. The van der Waals surface area contributed by atoms with Crippen molar-refractivity contribution in [3.63, 3.8) is 0 Å². The summed E-state index contributed by atoms with van der Waals surface area (Å²) < 4.78 is 1.12. The van der Waals surface area contributed by atoms with Gasteiger partial charge in [0.2, 0.25) is 0 Å². The van der Waals surface area contributed by atoms with Gasteiger partial charge in [-0.15, -0.1) is 0 Å². The maximum absolute atomic E-state index is 3.73. The van der Waals surface area contributed by atoms with Gasteiger partial charge in [0.1, 0.15) is 0 Å². The van der Waals surface area contributed by atoms with E-state index in [1.54, 1.807) is 0 Å². The molecule has 0 unspecified atom stereocenters. The second-order valence-corrected chi connectivity index (χ2v) is 17.1. The standard InChI is InChI=1S/C31H24BrN.C31H23N/c32-31-14-8-7-13-28(31)23-33(29-19-15-26(16-20-29)24-9-3-1-4-10-24)30-21-17-27(18-22-30)25-11-5-2-6-12-25;1-3-9-23(10-4-1)25-15-18-28(19-16-25)32-22-27-13-7-8-14-29(27)30-21-26(17-20-31(30)32)24-11-5-2-6-12-24/h1-22H,23H2;1-21H,22H2. The first-order valence-electron chi connectivity index (χ1n) is 22.2. The molecule has 0 aliphatic carbocycles. The number of nitrogens with zero attached hydrogens (tertiary/aromatic N) is 2. The average Bonchev–Trinajstić information content (AvgIpc) is 3.39. The van der Waals surface area contributed by atoms with E-state index < -0.39 is 0 Å². The minimum absolute atomic E-state index is 0.775. The van der Waals surface area contributed by atoms with E-state index in [0.717, 1.165) is 28.9 Å². The number of rotatable bonds is 9. The largest absolute Gasteiger partial charge is 0.337 e. The maximum atomic E-state index is 3.73. The molecule has 0 radical (unpaired) electrons. The zero-order chi connectivity index (χ0) is 43.8. The van der Waals surface area contributed by atoms with Gasteiger partial charge in [-0.05, 0) is 116 Å². The molecule has 3 heteroatoms. The Balaban J connectivity index is 0.000000153. The zero-order valence-electron chi connectivity index (χ0n) is 36.0. The number of benzene rings is 10. The van der Waals surface area contributed by atoms with Crippen molar-refractivity contribution in [1.82, 2.24) is 0 Å². The van der Waals surface area contributed by atoms with Crippen LogP contribution in [0.3, 0.4) is 0 Å². The van der Waals surface area contributed by atoms with Gasteiger partial charge in [-0.25, -0.2) is 0 Å². The van der Waals surface area contributed by atoms with Crippen molar-refractivity contribution >= 4 is 38.7 Å². The molecule has 0 amide bonds. The molecule has 0 fully saturated rings. The topological polar surface area (TPSA) is 6.48 Å². The van der Waals surface area contributed by atoms with Gasteiger partial charge in [-0.3, -0.25) is 0 Å². The van der Waals surface area contributed by atoms with Crippen LogP contribution in [0.25, 0.3) is 55.6 Å². The molecule has 0 saturated carbocycles. The molecule has 11 rings (SSSR count). The van der Waals surface area contributed by atoms with Gasteiger partial charge in [0.25, 0.3) is 0 Å². The molecule has 10 aromatic rings. The monoisotopic (exact) mass is 898 g/mol. The van der Waals surface area contributed by atoms with Crippen molar-refractivity contribution in [2.45, 2.75) is 13.1 Å². The Labute approximate surface area is 391 Å². The van der Waals surface area contributed by atoms with E-state index >= 15 is 0 Å². The second-order valence-electron chi connectivity index (χ2n) is 16.3. The average molecular weight is 900 g/mol. The fraction of sp³-hybridized carbons (Fsp3) is 0.0323. The molecule has 0 bridgehead atoms. The van der Waals surface area contributed by atoms with Crippen LogP contribution in [0.1, 0.15) is 11.1 Å². The molecule has 0 aromatic heterocycles. The van der Waals surface area contributed by atoms with E-state index in [9.17, 15) is 0 Å². The minimum atomic E-state index is 0.775. The van der Waals surface area contributed by atoms with Crippen molar-refractivity contribution in [2.75, 3.05) is 9.80 Å². The molecule has 1 aliphatic heterocycles. The van der Waals surface area contributed by atoms with Crippen LogP contribution >= 0.6 is 15.9 Å². The summed E-state index contributed by atoms with van der Waals surface area (Å²) in [6.07, 6.45) is 0. The van der Waals surface area contributed by atoms with Crippen molar-refractivity contribution in [3.05, 3.63) is 276 Å². The Morgan fingerprint density at radius 2 is 0.754 bits per heavy atom. The number of halogens is 1. The Morgan fingerprint density at radius 3 is 1.26 bits per heavy atom. The number of fused-ring (bicyclic) bond motifs is 3. The van der Waals surface area contributed by atoms with Crippen LogP contribution in [0.4, 0.5) is 22.7 Å². The molecule has 2 nitrogen and oxygen atoms in total. The number of hydrogen-bond acceptors (Lipinski definition) is 2. The lowest BCUT2D eigenvalue weighted by Gasteiger charge is -2.33. The molecule has 0 N–H and O–H groups in total. The van der Waals surface area contributed by atoms with Crippen LogP contribution in [0.15, 0.2) is 265 Å². The lowest BCUT2D eigenvalue weighted by Crippen LogP contribution is -2.21. The molecule has 0 atom stereocenters. The predicted octanol–water partition coefficient (Wildman–Crippen LogP) is 17.5. The third-order valence-electron chi connectivity index (χ3n) is 12.2. The van der Waals surface area contributed by atoms with E-state index in [4.69, 9.17) is 0 Å². The van der Waals surface area contributed by atoms with E-state index in [1.165, 1.54) is 78.1 Å². The predicted molar refractivity (Wildman–Crippen MR) is 279 cm³/mol. The van der Waals surface area contributed by atoms with E-state index in [2.05, 4.69) is 287 Å². The minimum Gasteiger partial charge on any atom is -0.337 e. The highest BCUT2D eigenvalue weighted by molar-refractivity contribution is 9.10. The van der Waals surface area contributed by atoms with Gasteiger partial charge in [0, 0.05) is 45.9 Å². The molecule has 0 saturated heterocycles. The highest BCUT2D eigenvalue weighted by Crippen LogP contribution is 2.45. The molecule has 1 heterocycles. The van der Waals surface area contributed by atoms with Crippen molar-refractivity contribution < 1.29 is 0 Å². The molecular formula is C62H47BrN2. The maximum Gasteiger partial charge on any atom is 0.0494 e. The Bertz CT molecular complexity index is 3030. The lowest BCUT2D eigenvalue weighted by atomic mass is 9.90. The van der Waals surface area contributed by atoms with Gasteiger partial charge in [0.05, 0.1) is 0 Å². The van der Waals surface area contributed by atoms with Crippen molar-refractivity contribution in [3.8, 4) is 55.6 Å². The van der Waals surface area contributed by atoms with Gasteiger partial charge >= 0.3 is 0 Å². The number of anilines is 4. The number of hydrogen-bond donors (Lipinski definition) is 0. The fourth-order valence-corrected chi connectivity index (χ4v) is 9.14. The van der Waals surface area contributed by atoms with Crippen LogP contribution in [-0.4, -0.2) is 0 Å². The molecule has 0 spiro atoms. The van der Waals surface area contributed by atoms with Crippen LogP contribution in [0.2, 0.25) is 0 Å². The van der Waals surface area contributed by atoms with Crippen LogP contribution in [0.5, 0.6) is 0 Å². The van der Waals surface area contributed by atoms with E-state index in [-0.39, 0.29) is 0 Å². The third-order valence-corrected chi connectivity index (χ3v) is 12.9. The van der Waals surface area contributed by atoms with Gasteiger partial charge in [-0.2, -0.15) is 0 Å². The fourth-order valence-electron chi connectivity index (χ4n) is 8.73. The summed E-state index contributed by atoms with van der Waals surface area (Å²) in [6, 6.07) is 92.9. The first-order chi connectivity index (χ1) is 32.1. The summed E-state index contributed by atoms with van der Waals surface area (Å²) in [7, 11) is 0. The van der Waals surface area contributed by atoms with Gasteiger partial charge < -0.3 is 9.80 Å². The van der Waals surface area contributed by atoms with Crippen molar-refractivity contribution in [1.29, 1.82) is 0 Å². The Hall–Kier alpha value is -7.72. The quantitative estimate of drug-likeness (QED) is 0.142. The summed E-state index contributed by atoms with van der Waals surface area (Å²) in [5, 5.41) is 0. The van der Waals surface area contributed by atoms with Crippen LogP contribution in [-0.2, 0) is 13.1 Å². The highest BCUT2D eigenvalue weighted by atomic mass is 79.9. The third kappa shape index (κ3) is 9.33. The molecular weight excluding hydrogens is 853 g/mol. The molecule has 312 valence electrons. The molecule has 1 aliphatic rings. The molecule has 65 heavy (non-hydrogen) atoms. The van der Waals surface area contributed by atoms with Gasteiger partial charge in [0.15, 0.2) is 0 Å². The smallest absolute Gasteiger partial charge is 0.0494 e. The first kappa shape index (κ1) is 41.3. The first-order valence-corrected chi connectivity index (χ1v) is 23.0. The van der Waals surface area contributed by atoms with Gasteiger partial charge in [-0.1, -0.05) is 222 Å². The summed E-state index contributed by atoms with van der Waals surface area (Å²) in [5.74, 6) is 0. The van der Waals surface area contributed by atoms with Crippen LogP contribution < -0.4 is 9.80 Å². The summed E-state index contributed by atoms with van der Waals surface area (Å²) in [5.41, 5.74) is 19.9. The second kappa shape index (κ2) is 19.3. The van der Waals surface area contributed by atoms with E-state index in [0.29, 0.717) is 0 Å². The molecule has 10 aromatic carbocycles. The zero-order valence-corrected chi connectivity index (χ0v) is 37.6. The normalized spacial score (nSPS) is 11.4. The van der Waals surface area contributed by atoms with Crippen molar-refractivity contribution in [2.24, 2.45) is 0 Å².